The van der Waals surface area contributed by atoms with Crippen LogP contribution in [-0.4, -0.2) is 30.9 Å². The molecule has 2 N–H and O–H groups in total. The second kappa shape index (κ2) is 8.72. The van der Waals surface area contributed by atoms with E-state index in [1.165, 1.54) is 12.1 Å². The Labute approximate surface area is 147 Å². The van der Waals surface area contributed by atoms with Crippen molar-refractivity contribution < 1.29 is 18.0 Å². The predicted octanol–water partition coefficient (Wildman–Crippen LogP) is 4.06. The monoisotopic (exact) mass is 366 g/mol. The molecular formula is C17H26ClF3N2O. The van der Waals surface area contributed by atoms with Gasteiger partial charge in [-0.05, 0) is 29.5 Å². The molecule has 0 fully saturated rings. The summed E-state index contributed by atoms with van der Waals surface area (Å²) >= 11 is 0. The van der Waals surface area contributed by atoms with Crippen molar-refractivity contribution in [2.24, 2.45) is 11.1 Å². The lowest BCUT2D eigenvalue weighted by Crippen LogP contribution is -2.40. The van der Waals surface area contributed by atoms with Crippen LogP contribution in [0.25, 0.3) is 0 Å². The maximum Gasteiger partial charge on any atom is 0.416 e. The number of hydrogen-bond acceptors (Lipinski definition) is 2. The fraction of sp³-hybridized carbons (Fsp3) is 0.588. The molecule has 138 valence electrons. The van der Waals surface area contributed by atoms with Crippen LogP contribution in [0.3, 0.4) is 0 Å². The number of hydrogen-bond donors (Lipinski definition) is 1. The highest BCUT2D eigenvalue weighted by Crippen LogP contribution is 2.36. The van der Waals surface area contributed by atoms with Crippen molar-refractivity contribution in [1.29, 1.82) is 0 Å². The molecule has 0 bridgehead atoms. The normalized spacial score (nSPS) is 13.2. The number of carbonyl (C=O) groups is 1. The lowest BCUT2D eigenvalue weighted by molar-refractivity contribution is -0.139. The van der Waals surface area contributed by atoms with Crippen molar-refractivity contribution in [3.8, 4) is 0 Å². The zero-order valence-corrected chi connectivity index (χ0v) is 15.3. The summed E-state index contributed by atoms with van der Waals surface area (Å²) in [5, 5.41) is 0. The summed E-state index contributed by atoms with van der Waals surface area (Å²) in [4.78, 5) is 13.8. The Balaban J connectivity index is 0.00000529. The molecule has 0 radical (unpaired) electrons. The van der Waals surface area contributed by atoms with Gasteiger partial charge in [0.25, 0.3) is 0 Å². The van der Waals surface area contributed by atoms with E-state index in [0.717, 1.165) is 6.07 Å². The minimum atomic E-state index is -4.42. The highest BCUT2D eigenvalue weighted by atomic mass is 35.5. The molecule has 0 aromatic heterocycles. The molecule has 0 spiro atoms. The third-order valence-corrected chi connectivity index (χ3v) is 3.92. The highest BCUT2D eigenvalue weighted by molar-refractivity contribution is 5.85. The summed E-state index contributed by atoms with van der Waals surface area (Å²) in [7, 11) is 1.65. The van der Waals surface area contributed by atoms with Gasteiger partial charge in [0.2, 0.25) is 5.91 Å². The first kappa shape index (κ1) is 22.7. The summed E-state index contributed by atoms with van der Waals surface area (Å²) in [6.45, 7) is 6.43. The average molecular weight is 367 g/mol. The van der Waals surface area contributed by atoms with Crippen molar-refractivity contribution in [2.75, 3.05) is 20.1 Å². The first-order chi connectivity index (χ1) is 10.5. The SMILES string of the molecule is CC(CC(=O)N(C)CC(C)(C)CN)c1ccccc1C(F)(F)F.Cl. The lowest BCUT2D eigenvalue weighted by atomic mass is 9.91. The molecule has 3 nitrogen and oxygen atoms in total. The van der Waals surface area contributed by atoms with E-state index in [0.29, 0.717) is 13.1 Å². The minimum Gasteiger partial charge on any atom is -0.345 e. The third-order valence-electron chi connectivity index (χ3n) is 3.92. The van der Waals surface area contributed by atoms with Crippen LogP contribution < -0.4 is 5.73 Å². The van der Waals surface area contributed by atoms with Gasteiger partial charge in [-0.2, -0.15) is 13.2 Å². The molecule has 1 aromatic rings. The van der Waals surface area contributed by atoms with E-state index in [-0.39, 0.29) is 35.7 Å². The van der Waals surface area contributed by atoms with Crippen LogP contribution in [0.5, 0.6) is 0 Å². The largest absolute Gasteiger partial charge is 0.416 e. The van der Waals surface area contributed by atoms with E-state index < -0.39 is 17.7 Å². The van der Waals surface area contributed by atoms with Gasteiger partial charge in [0.15, 0.2) is 0 Å². The zero-order valence-electron chi connectivity index (χ0n) is 14.5. The molecule has 0 heterocycles. The van der Waals surface area contributed by atoms with E-state index in [9.17, 15) is 18.0 Å². The van der Waals surface area contributed by atoms with E-state index in [1.807, 2.05) is 13.8 Å². The van der Waals surface area contributed by atoms with Crippen LogP contribution >= 0.6 is 12.4 Å². The second-order valence-electron chi connectivity index (χ2n) is 6.81. The Morgan fingerprint density at radius 2 is 1.79 bits per heavy atom. The van der Waals surface area contributed by atoms with Crippen LogP contribution in [-0.2, 0) is 11.0 Å². The number of nitrogens with zero attached hydrogens (tertiary/aromatic N) is 1. The maximum atomic E-state index is 13.1. The maximum absolute atomic E-state index is 13.1. The standard InChI is InChI=1S/C17H25F3N2O.ClH/c1-12(9-15(23)22(4)11-16(2,3)10-21)13-7-5-6-8-14(13)17(18,19)20;/h5-8,12H,9-11,21H2,1-4H3;1H. The summed E-state index contributed by atoms with van der Waals surface area (Å²) in [6.07, 6.45) is -4.38. The Morgan fingerprint density at radius 3 is 2.29 bits per heavy atom. The van der Waals surface area contributed by atoms with Crippen molar-refractivity contribution in [3.05, 3.63) is 35.4 Å². The Bertz CT molecular complexity index is 547. The molecule has 1 aromatic carbocycles. The zero-order chi connectivity index (χ0) is 17.8. The molecule has 0 saturated carbocycles. The van der Waals surface area contributed by atoms with Crippen molar-refractivity contribution in [1.82, 2.24) is 4.90 Å². The molecular weight excluding hydrogens is 341 g/mol. The van der Waals surface area contributed by atoms with Gasteiger partial charge in [-0.1, -0.05) is 39.0 Å². The topological polar surface area (TPSA) is 46.3 Å². The average Bonchev–Trinajstić information content (AvgIpc) is 2.45. The lowest BCUT2D eigenvalue weighted by Gasteiger charge is -2.30. The number of halogens is 4. The fourth-order valence-corrected chi connectivity index (χ4v) is 2.51. The van der Waals surface area contributed by atoms with E-state index >= 15 is 0 Å². The van der Waals surface area contributed by atoms with Crippen molar-refractivity contribution in [3.63, 3.8) is 0 Å². The van der Waals surface area contributed by atoms with E-state index in [4.69, 9.17) is 5.73 Å². The van der Waals surface area contributed by atoms with Gasteiger partial charge in [-0.3, -0.25) is 4.79 Å². The van der Waals surface area contributed by atoms with Gasteiger partial charge in [-0.25, -0.2) is 0 Å². The minimum absolute atomic E-state index is 0. The smallest absolute Gasteiger partial charge is 0.345 e. The Hall–Kier alpha value is -1.27. The van der Waals surface area contributed by atoms with Gasteiger partial charge in [0.05, 0.1) is 5.56 Å². The summed E-state index contributed by atoms with van der Waals surface area (Å²) in [5.41, 5.74) is 4.90. The van der Waals surface area contributed by atoms with Crippen LogP contribution in [0.4, 0.5) is 13.2 Å². The molecule has 1 unspecified atom stereocenters. The van der Waals surface area contributed by atoms with Gasteiger partial charge < -0.3 is 10.6 Å². The second-order valence-corrected chi connectivity index (χ2v) is 6.81. The molecule has 1 rings (SSSR count). The number of alkyl halides is 3. The van der Waals surface area contributed by atoms with Gasteiger partial charge in [-0.15, -0.1) is 12.4 Å². The summed E-state index contributed by atoms with van der Waals surface area (Å²) in [5.74, 6) is -0.695. The Kier molecular flexibility index (Phi) is 8.26. The van der Waals surface area contributed by atoms with E-state index in [1.54, 1.807) is 24.9 Å². The molecule has 7 heteroatoms. The van der Waals surface area contributed by atoms with Gasteiger partial charge in [0, 0.05) is 20.0 Å². The number of amides is 1. The van der Waals surface area contributed by atoms with Crippen LogP contribution in [0.1, 0.15) is 44.2 Å². The molecule has 1 atom stereocenters. The third kappa shape index (κ3) is 6.32. The molecule has 24 heavy (non-hydrogen) atoms. The molecule has 0 saturated heterocycles. The highest BCUT2D eigenvalue weighted by Gasteiger charge is 2.34. The van der Waals surface area contributed by atoms with Gasteiger partial charge >= 0.3 is 6.18 Å². The first-order valence-electron chi connectivity index (χ1n) is 7.58. The summed E-state index contributed by atoms with van der Waals surface area (Å²) in [6, 6.07) is 5.41. The van der Waals surface area contributed by atoms with Gasteiger partial charge in [0.1, 0.15) is 0 Å². The fourth-order valence-electron chi connectivity index (χ4n) is 2.51. The number of benzene rings is 1. The number of rotatable bonds is 6. The van der Waals surface area contributed by atoms with Crippen LogP contribution in [0.2, 0.25) is 0 Å². The first-order valence-corrected chi connectivity index (χ1v) is 7.58. The molecule has 1 amide bonds. The molecule has 0 aliphatic heterocycles. The quantitative estimate of drug-likeness (QED) is 0.825. The van der Waals surface area contributed by atoms with Crippen molar-refractivity contribution >= 4 is 18.3 Å². The number of carbonyl (C=O) groups excluding carboxylic acids is 1. The summed E-state index contributed by atoms with van der Waals surface area (Å²) < 4.78 is 39.2. The molecule has 0 aliphatic rings. The molecule has 0 aliphatic carbocycles. The van der Waals surface area contributed by atoms with Crippen LogP contribution in [0.15, 0.2) is 24.3 Å². The van der Waals surface area contributed by atoms with Crippen LogP contribution in [0, 0.1) is 5.41 Å². The Morgan fingerprint density at radius 1 is 1.25 bits per heavy atom. The van der Waals surface area contributed by atoms with E-state index in [2.05, 4.69) is 0 Å². The number of nitrogens with two attached hydrogens (primary N) is 1. The van der Waals surface area contributed by atoms with Crippen molar-refractivity contribution in [2.45, 2.75) is 39.3 Å². The predicted molar refractivity (Wildman–Crippen MR) is 92.2 cm³/mol.